The standard InChI is InChI=1S/C19H25Cl/c1-13(2)17(12-19(3,4)5)15-10-9-14-7-6-8-18(20)16(14)11-15/h6-11,13,17H,12H2,1-5H3. The highest BCUT2D eigenvalue weighted by atomic mass is 35.5. The van der Waals surface area contributed by atoms with Gasteiger partial charge in [0.15, 0.2) is 0 Å². The largest absolute Gasteiger partial charge is 0.0837 e. The summed E-state index contributed by atoms with van der Waals surface area (Å²) in [6, 6.07) is 12.9. The Hall–Kier alpha value is -1.01. The molecule has 1 unspecified atom stereocenters. The van der Waals surface area contributed by atoms with Crippen LogP contribution in [0.15, 0.2) is 36.4 Å². The zero-order valence-corrected chi connectivity index (χ0v) is 14.0. The first-order valence-corrected chi connectivity index (χ1v) is 7.84. The second kappa shape index (κ2) is 5.77. The summed E-state index contributed by atoms with van der Waals surface area (Å²) in [6.45, 7) is 11.6. The molecule has 0 spiro atoms. The second-order valence-electron chi connectivity index (χ2n) is 7.34. The van der Waals surface area contributed by atoms with Crippen molar-refractivity contribution >= 4 is 22.4 Å². The van der Waals surface area contributed by atoms with Gasteiger partial charge >= 0.3 is 0 Å². The topological polar surface area (TPSA) is 0 Å². The first kappa shape index (κ1) is 15.4. The molecule has 1 atom stereocenters. The number of halogens is 1. The number of benzene rings is 2. The molecule has 2 aromatic carbocycles. The first-order chi connectivity index (χ1) is 9.28. The van der Waals surface area contributed by atoms with E-state index in [1.165, 1.54) is 22.8 Å². The van der Waals surface area contributed by atoms with Crippen molar-refractivity contribution in [1.29, 1.82) is 0 Å². The van der Waals surface area contributed by atoms with Crippen molar-refractivity contribution in [2.45, 2.75) is 47.0 Å². The fraction of sp³-hybridized carbons (Fsp3) is 0.474. The minimum Gasteiger partial charge on any atom is -0.0837 e. The fourth-order valence-electron chi connectivity index (χ4n) is 2.88. The summed E-state index contributed by atoms with van der Waals surface area (Å²) in [5.74, 6) is 1.21. The van der Waals surface area contributed by atoms with Gasteiger partial charge in [-0.15, -0.1) is 0 Å². The lowest BCUT2D eigenvalue weighted by Gasteiger charge is -2.29. The molecule has 0 radical (unpaired) electrons. The van der Waals surface area contributed by atoms with Crippen LogP contribution in [-0.4, -0.2) is 0 Å². The summed E-state index contributed by atoms with van der Waals surface area (Å²) >= 11 is 6.35. The maximum absolute atomic E-state index is 6.35. The smallest absolute Gasteiger partial charge is 0.0484 e. The molecule has 0 saturated heterocycles. The number of fused-ring (bicyclic) bond motifs is 1. The van der Waals surface area contributed by atoms with Crippen molar-refractivity contribution in [1.82, 2.24) is 0 Å². The van der Waals surface area contributed by atoms with E-state index in [0.717, 1.165) is 5.02 Å². The van der Waals surface area contributed by atoms with Crippen LogP contribution in [0.5, 0.6) is 0 Å². The van der Waals surface area contributed by atoms with Gasteiger partial charge in [0.1, 0.15) is 0 Å². The molecule has 2 rings (SSSR count). The Morgan fingerprint density at radius 1 is 1.05 bits per heavy atom. The molecule has 0 aliphatic rings. The van der Waals surface area contributed by atoms with Crippen molar-refractivity contribution in [3.63, 3.8) is 0 Å². The molecule has 0 N–H and O–H groups in total. The highest BCUT2D eigenvalue weighted by Gasteiger charge is 2.23. The van der Waals surface area contributed by atoms with E-state index in [2.05, 4.69) is 58.9 Å². The van der Waals surface area contributed by atoms with Crippen LogP contribution in [0.1, 0.15) is 52.5 Å². The van der Waals surface area contributed by atoms with Gasteiger partial charge in [0, 0.05) is 10.4 Å². The van der Waals surface area contributed by atoms with Gasteiger partial charge in [-0.3, -0.25) is 0 Å². The van der Waals surface area contributed by atoms with Crippen LogP contribution in [0.25, 0.3) is 10.8 Å². The van der Waals surface area contributed by atoms with Gasteiger partial charge in [-0.25, -0.2) is 0 Å². The summed E-state index contributed by atoms with van der Waals surface area (Å²) in [6.07, 6.45) is 1.20. The van der Waals surface area contributed by atoms with Crippen molar-refractivity contribution in [3.05, 3.63) is 47.0 Å². The maximum atomic E-state index is 6.35. The van der Waals surface area contributed by atoms with Crippen LogP contribution in [0, 0.1) is 11.3 Å². The minimum atomic E-state index is 0.338. The Morgan fingerprint density at radius 3 is 2.35 bits per heavy atom. The van der Waals surface area contributed by atoms with E-state index in [-0.39, 0.29) is 0 Å². The second-order valence-corrected chi connectivity index (χ2v) is 7.74. The monoisotopic (exact) mass is 288 g/mol. The number of hydrogen-bond donors (Lipinski definition) is 0. The van der Waals surface area contributed by atoms with Crippen molar-refractivity contribution < 1.29 is 0 Å². The van der Waals surface area contributed by atoms with Crippen LogP contribution in [0.3, 0.4) is 0 Å². The average Bonchev–Trinajstić information content (AvgIpc) is 2.35. The third kappa shape index (κ3) is 3.55. The molecular weight excluding hydrogens is 264 g/mol. The van der Waals surface area contributed by atoms with E-state index in [0.29, 0.717) is 17.3 Å². The molecule has 0 nitrogen and oxygen atoms in total. The summed E-state index contributed by atoms with van der Waals surface area (Å²) < 4.78 is 0. The molecule has 0 bridgehead atoms. The first-order valence-electron chi connectivity index (χ1n) is 7.46. The van der Waals surface area contributed by atoms with E-state index in [4.69, 9.17) is 11.6 Å². The summed E-state index contributed by atoms with van der Waals surface area (Å²) in [7, 11) is 0. The van der Waals surface area contributed by atoms with Crippen molar-refractivity contribution in [3.8, 4) is 0 Å². The van der Waals surface area contributed by atoms with Crippen molar-refractivity contribution in [2.24, 2.45) is 11.3 Å². The molecule has 108 valence electrons. The van der Waals surface area contributed by atoms with E-state index < -0.39 is 0 Å². The lowest BCUT2D eigenvalue weighted by Crippen LogP contribution is -2.16. The lowest BCUT2D eigenvalue weighted by molar-refractivity contribution is 0.301. The predicted octanol–water partition coefficient (Wildman–Crippen LogP) is 6.67. The van der Waals surface area contributed by atoms with E-state index in [1.54, 1.807) is 0 Å². The maximum Gasteiger partial charge on any atom is 0.0484 e. The molecule has 0 heterocycles. The van der Waals surface area contributed by atoms with Gasteiger partial charge in [0.2, 0.25) is 0 Å². The highest BCUT2D eigenvalue weighted by molar-refractivity contribution is 6.35. The van der Waals surface area contributed by atoms with Crippen LogP contribution < -0.4 is 0 Å². The van der Waals surface area contributed by atoms with E-state index >= 15 is 0 Å². The zero-order chi connectivity index (χ0) is 14.9. The van der Waals surface area contributed by atoms with Gasteiger partial charge in [-0.2, -0.15) is 0 Å². The van der Waals surface area contributed by atoms with Gasteiger partial charge in [-0.1, -0.05) is 70.5 Å². The Labute approximate surface area is 128 Å². The highest BCUT2D eigenvalue weighted by Crippen LogP contribution is 2.38. The van der Waals surface area contributed by atoms with Gasteiger partial charge in [0.25, 0.3) is 0 Å². The molecular formula is C19H25Cl. The van der Waals surface area contributed by atoms with Crippen LogP contribution in [0.2, 0.25) is 5.02 Å². The minimum absolute atomic E-state index is 0.338. The molecule has 2 aromatic rings. The predicted molar refractivity (Wildman–Crippen MR) is 90.6 cm³/mol. The van der Waals surface area contributed by atoms with Crippen LogP contribution in [-0.2, 0) is 0 Å². The quantitative estimate of drug-likeness (QED) is 0.592. The number of rotatable bonds is 3. The molecule has 0 amide bonds. The molecule has 0 saturated carbocycles. The average molecular weight is 289 g/mol. The fourth-order valence-corrected chi connectivity index (χ4v) is 3.12. The Balaban J connectivity index is 2.46. The normalized spacial score (nSPS) is 13.9. The third-order valence-electron chi connectivity index (χ3n) is 3.92. The molecule has 0 fully saturated rings. The van der Waals surface area contributed by atoms with Gasteiger partial charge < -0.3 is 0 Å². The van der Waals surface area contributed by atoms with Crippen LogP contribution in [0.4, 0.5) is 0 Å². The van der Waals surface area contributed by atoms with Crippen molar-refractivity contribution in [2.75, 3.05) is 0 Å². The van der Waals surface area contributed by atoms with E-state index in [1.807, 2.05) is 12.1 Å². The van der Waals surface area contributed by atoms with E-state index in [9.17, 15) is 0 Å². The lowest BCUT2D eigenvalue weighted by atomic mass is 9.76. The zero-order valence-electron chi connectivity index (χ0n) is 13.2. The number of hydrogen-bond acceptors (Lipinski definition) is 0. The molecule has 0 aromatic heterocycles. The summed E-state index contributed by atoms with van der Waals surface area (Å²) in [5, 5.41) is 3.24. The molecule has 20 heavy (non-hydrogen) atoms. The molecule has 0 aliphatic heterocycles. The third-order valence-corrected chi connectivity index (χ3v) is 4.25. The Bertz CT molecular complexity index is 590. The van der Waals surface area contributed by atoms with Gasteiger partial charge in [-0.05, 0) is 46.8 Å². The Kier molecular flexibility index (Phi) is 4.44. The summed E-state index contributed by atoms with van der Waals surface area (Å²) in [5.41, 5.74) is 1.75. The SMILES string of the molecule is CC(C)C(CC(C)(C)C)c1ccc2cccc(Cl)c2c1. The van der Waals surface area contributed by atoms with Crippen LogP contribution >= 0.6 is 11.6 Å². The molecule has 0 aliphatic carbocycles. The van der Waals surface area contributed by atoms with Gasteiger partial charge in [0.05, 0.1) is 0 Å². The summed E-state index contributed by atoms with van der Waals surface area (Å²) in [4.78, 5) is 0. The Morgan fingerprint density at radius 2 is 1.75 bits per heavy atom. The molecule has 1 heteroatoms.